The Morgan fingerprint density at radius 2 is 2.26 bits per heavy atom. The molecule has 0 saturated carbocycles. The van der Waals surface area contributed by atoms with Crippen molar-refractivity contribution >= 4 is 34.7 Å². The van der Waals surface area contributed by atoms with Gasteiger partial charge in [0.1, 0.15) is 0 Å². The third-order valence-electron chi connectivity index (χ3n) is 4.42. The van der Waals surface area contributed by atoms with Crippen LogP contribution in [0.25, 0.3) is 11.0 Å². The van der Waals surface area contributed by atoms with Gasteiger partial charge in [0.25, 0.3) is 0 Å². The summed E-state index contributed by atoms with van der Waals surface area (Å²) in [6.45, 7) is 6.22. The van der Waals surface area contributed by atoms with Crippen molar-refractivity contribution in [2.75, 3.05) is 25.5 Å². The summed E-state index contributed by atoms with van der Waals surface area (Å²) in [5.41, 5.74) is 2.15. The smallest absolute Gasteiger partial charge is 0.338 e. The molecule has 0 aliphatic carbocycles. The van der Waals surface area contributed by atoms with E-state index in [0.717, 1.165) is 42.2 Å². The molecule has 1 aliphatic rings. The molecule has 1 fully saturated rings. The molecule has 1 N–H and O–H groups in total. The SMILES string of the molecule is CCOC(=O)c1ccc2c(c1)nc(SCC(=O)NC[C@@H]1CCCO1)n2CC. The third kappa shape index (κ3) is 4.81. The molecule has 27 heavy (non-hydrogen) atoms. The minimum absolute atomic E-state index is 0.0302. The number of nitrogens with one attached hydrogen (secondary N) is 1. The first-order valence-corrected chi connectivity index (χ1v) is 10.3. The Bertz CT molecular complexity index is 815. The van der Waals surface area contributed by atoms with Gasteiger partial charge >= 0.3 is 5.97 Å². The molecular weight excluding hydrogens is 366 g/mol. The number of thioether (sulfide) groups is 1. The standard InChI is InChI=1S/C19H25N3O4S/c1-3-22-16-8-7-13(18(24)25-4-2)10-15(16)21-19(22)27-12-17(23)20-11-14-6-5-9-26-14/h7-8,10,14H,3-6,9,11-12H2,1-2H3,(H,20,23)/t14-/m0/s1. The van der Waals surface area contributed by atoms with Crippen LogP contribution in [0.15, 0.2) is 23.4 Å². The summed E-state index contributed by atoms with van der Waals surface area (Å²) in [7, 11) is 0. The van der Waals surface area contributed by atoms with Crippen molar-refractivity contribution in [3.63, 3.8) is 0 Å². The molecule has 1 saturated heterocycles. The highest BCUT2D eigenvalue weighted by Gasteiger charge is 2.17. The molecule has 2 heterocycles. The van der Waals surface area contributed by atoms with Crippen LogP contribution in [0.1, 0.15) is 37.0 Å². The maximum Gasteiger partial charge on any atom is 0.338 e. The zero-order valence-electron chi connectivity index (χ0n) is 15.7. The van der Waals surface area contributed by atoms with Gasteiger partial charge in [-0.25, -0.2) is 9.78 Å². The third-order valence-corrected chi connectivity index (χ3v) is 5.40. The van der Waals surface area contributed by atoms with Gasteiger partial charge in [-0.3, -0.25) is 4.79 Å². The number of carbonyl (C=O) groups excluding carboxylic acids is 2. The van der Waals surface area contributed by atoms with Crippen LogP contribution in [0.4, 0.5) is 0 Å². The quantitative estimate of drug-likeness (QED) is 0.550. The van der Waals surface area contributed by atoms with Crippen LogP contribution in [0.2, 0.25) is 0 Å². The highest BCUT2D eigenvalue weighted by molar-refractivity contribution is 7.99. The Morgan fingerprint density at radius 3 is 2.96 bits per heavy atom. The van der Waals surface area contributed by atoms with Crippen LogP contribution in [-0.2, 0) is 20.8 Å². The number of imidazole rings is 1. The van der Waals surface area contributed by atoms with E-state index in [-0.39, 0.29) is 18.0 Å². The fraction of sp³-hybridized carbons (Fsp3) is 0.526. The number of fused-ring (bicyclic) bond motifs is 1. The van der Waals surface area contributed by atoms with E-state index < -0.39 is 0 Å². The van der Waals surface area contributed by atoms with Crippen molar-refractivity contribution in [1.82, 2.24) is 14.9 Å². The zero-order chi connectivity index (χ0) is 19.2. The summed E-state index contributed by atoms with van der Waals surface area (Å²) in [5, 5.41) is 3.69. The van der Waals surface area contributed by atoms with E-state index >= 15 is 0 Å². The highest BCUT2D eigenvalue weighted by atomic mass is 32.2. The number of amides is 1. The Balaban J connectivity index is 1.66. The van der Waals surface area contributed by atoms with Gasteiger partial charge in [0, 0.05) is 19.7 Å². The van der Waals surface area contributed by atoms with Gasteiger partial charge in [0.2, 0.25) is 5.91 Å². The van der Waals surface area contributed by atoms with E-state index in [1.807, 2.05) is 17.6 Å². The first-order chi connectivity index (χ1) is 13.1. The highest BCUT2D eigenvalue weighted by Crippen LogP contribution is 2.25. The monoisotopic (exact) mass is 391 g/mol. The second-order valence-electron chi connectivity index (χ2n) is 6.29. The molecule has 8 heteroatoms. The van der Waals surface area contributed by atoms with Crippen LogP contribution in [0.5, 0.6) is 0 Å². The van der Waals surface area contributed by atoms with E-state index in [1.54, 1.807) is 19.1 Å². The lowest BCUT2D eigenvalue weighted by molar-refractivity contribution is -0.119. The van der Waals surface area contributed by atoms with Gasteiger partial charge in [-0.15, -0.1) is 0 Å². The number of aryl methyl sites for hydroxylation is 1. The molecule has 1 aromatic heterocycles. The minimum Gasteiger partial charge on any atom is -0.462 e. The van der Waals surface area contributed by atoms with Gasteiger partial charge in [-0.05, 0) is 44.9 Å². The van der Waals surface area contributed by atoms with E-state index in [4.69, 9.17) is 9.47 Å². The first-order valence-electron chi connectivity index (χ1n) is 9.30. The van der Waals surface area contributed by atoms with E-state index in [9.17, 15) is 9.59 Å². The predicted molar refractivity (Wildman–Crippen MR) is 104 cm³/mol. The summed E-state index contributed by atoms with van der Waals surface area (Å²) < 4.78 is 12.6. The number of hydrogen-bond acceptors (Lipinski definition) is 6. The first kappa shape index (κ1) is 19.7. The molecule has 1 amide bonds. The molecule has 0 unspecified atom stereocenters. The maximum atomic E-state index is 12.1. The molecule has 0 spiro atoms. The fourth-order valence-electron chi connectivity index (χ4n) is 3.08. The molecule has 1 aliphatic heterocycles. The van der Waals surface area contributed by atoms with Crippen LogP contribution >= 0.6 is 11.8 Å². The van der Waals surface area contributed by atoms with Crippen LogP contribution in [0, 0.1) is 0 Å². The van der Waals surface area contributed by atoms with Crippen molar-refractivity contribution < 1.29 is 19.1 Å². The van der Waals surface area contributed by atoms with Crippen molar-refractivity contribution in [2.24, 2.45) is 0 Å². The van der Waals surface area contributed by atoms with Crippen molar-refractivity contribution in [3.05, 3.63) is 23.8 Å². The normalized spacial score (nSPS) is 16.6. The number of ether oxygens (including phenoxy) is 2. The van der Waals surface area contributed by atoms with Crippen molar-refractivity contribution in [3.8, 4) is 0 Å². The second-order valence-corrected chi connectivity index (χ2v) is 7.23. The van der Waals surface area contributed by atoms with E-state index in [1.165, 1.54) is 11.8 Å². The molecular formula is C19H25N3O4S. The topological polar surface area (TPSA) is 82.4 Å². The van der Waals surface area contributed by atoms with E-state index in [2.05, 4.69) is 10.3 Å². The van der Waals surface area contributed by atoms with Crippen molar-refractivity contribution in [1.29, 1.82) is 0 Å². The molecule has 7 nitrogen and oxygen atoms in total. The molecule has 146 valence electrons. The fourth-order valence-corrected chi connectivity index (χ4v) is 3.99. The van der Waals surface area contributed by atoms with Crippen LogP contribution in [-0.4, -0.2) is 53.0 Å². The largest absolute Gasteiger partial charge is 0.462 e. The molecule has 0 radical (unpaired) electrons. The number of carbonyl (C=O) groups is 2. The van der Waals surface area contributed by atoms with Gasteiger partial charge < -0.3 is 19.4 Å². The van der Waals surface area contributed by atoms with Gasteiger partial charge in [0.05, 0.1) is 35.1 Å². The number of esters is 1. The Labute approximate surface area is 162 Å². The summed E-state index contributed by atoms with van der Waals surface area (Å²) in [6, 6.07) is 5.36. The molecule has 0 bridgehead atoms. The number of aromatic nitrogens is 2. The molecule has 2 aromatic rings. The van der Waals surface area contributed by atoms with Crippen LogP contribution < -0.4 is 5.32 Å². The number of rotatable bonds is 8. The number of hydrogen-bond donors (Lipinski definition) is 1. The lowest BCUT2D eigenvalue weighted by atomic mass is 10.2. The second kappa shape index (κ2) is 9.23. The van der Waals surface area contributed by atoms with Crippen LogP contribution in [0.3, 0.4) is 0 Å². The predicted octanol–water partition coefficient (Wildman–Crippen LogP) is 2.62. The average Bonchev–Trinajstić information content (AvgIpc) is 3.31. The summed E-state index contributed by atoms with van der Waals surface area (Å²) in [4.78, 5) is 28.6. The maximum absolute atomic E-state index is 12.1. The van der Waals surface area contributed by atoms with E-state index in [0.29, 0.717) is 24.5 Å². The Kier molecular flexibility index (Phi) is 6.73. The molecule has 3 rings (SSSR count). The van der Waals surface area contributed by atoms with Gasteiger partial charge in [0.15, 0.2) is 5.16 Å². The summed E-state index contributed by atoms with van der Waals surface area (Å²) >= 11 is 1.40. The van der Waals surface area contributed by atoms with Gasteiger partial charge in [-0.2, -0.15) is 0 Å². The van der Waals surface area contributed by atoms with Crippen molar-refractivity contribution in [2.45, 2.75) is 44.5 Å². The Morgan fingerprint density at radius 1 is 1.41 bits per heavy atom. The summed E-state index contributed by atoms with van der Waals surface area (Å²) in [6.07, 6.45) is 2.20. The minimum atomic E-state index is -0.354. The van der Waals surface area contributed by atoms with Gasteiger partial charge in [-0.1, -0.05) is 11.8 Å². The molecule has 1 aromatic carbocycles. The average molecular weight is 391 g/mol. The number of benzene rings is 1. The lowest BCUT2D eigenvalue weighted by Gasteiger charge is -2.10. The molecule has 1 atom stereocenters. The lowest BCUT2D eigenvalue weighted by Crippen LogP contribution is -2.32. The zero-order valence-corrected chi connectivity index (χ0v) is 16.5. The summed E-state index contributed by atoms with van der Waals surface area (Å²) in [5.74, 6) is -0.0913. The number of nitrogens with zero attached hydrogens (tertiary/aromatic N) is 2. The Hall–Kier alpha value is -2.06.